The van der Waals surface area contributed by atoms with Gasteiger partial charge in [0.05, 0.1) is 11.8 Å². The third-order valence-electron chi connectivity index (χ3n) is 3.72. The van der Waals surface area contributed by atoms with E-state index in [4.69, 9.17) is 10.5 Å². The van der Waals surface area contributed by atoms with Crippen LogP contribution in [0.15, 0.2) is 12.1 Å². The molecule has 3 heteroatoms. The molecule has 0 amide bonds. The molecule has 1 saturated carbocycles. The fourth-order valence-corrected chi connectivity index (χ4v) is 2.55. The van der Waals surface area contributed by atoms with Crippen LogP contribution in [-0.4, -0.2) is 19.2 Å². The van der Waals surface area contributed by atoms with Crippen molar-refractivity contribution in [3.05, 3.63) is 23.3 Å². The molecular formula is C14H20N2O. The monoisotopic (exact) mass is 232 g/mol. The van der Waals surface area contributed by atoms with Crippen molar-refractivity contribution in [1.29, 1.82) is 0 Å². The number of nitrogens with two attached hydrogens (primary N) is 1. The van der Waals surface area contributed by atoms with Crippen LogP contribution in [0.5, 0.6) is 5.75 Å². The summed E-state index contributed by atoms with van der Waals surface area (Å²) in [6, 6.07) is 4.23. The molecule has 0 spiro atoms. The van der Waals surface area contributed by atoms with Crippen LogP contribution in [0.4, 0.5) is 5.69 Å². The second-order valence-corrected chi connectivity index (χ2v) is 5.25. The van der Waals surface area contributed by atoms with Crippen LogP contribution in [0.2, 0.25) is 0 Å². The maximum atomic E-state index is 6.02. The Morgan fingerprint density at radius 2 is 2.12 bits per heavy atom. The van der Waals surface area contributed by atoms with Crippen LogP contribution in [0.25, 0.3) is 0 Å². The molecule has 0 bridgehead atoms. The predicted octanol–water partition coefficient (Wildman–Crippen LogP) is 2.20. The van der Waals surface area contributed by atoms with Crippen LogP contribution in [-0.2, 0) is 0 Å². The Morgan fingerprint density at radius 1 is 1.29 bits per heavy atom. The fourth-order valence-electron chi connectivity index (χ4n) is 2.55. The first kappa shape index (κ1) is 10.9. The SMILES string of the molecule is Cc1cc(N)c(OC2CC2)cc1C1CCNC1. The average Bonchev–Trinajstić information content (AvgIpc) is 2.94. The number of anilines is 1. The minimum absolute atomic E-state index is 0.412. The van der Waals surface area contributed by atoms with E-state index in [-0.39, 0.29) is 0 Å². The summed E-state index contributed by atoms with van der Waals surface area (Å²) >= 11 is 0. The molecule has 3 nitrogen and oxygen atoms in total. The molecule has 1 atom stereocenters. The maximum Gasteiger partial charge on any atom is 0.142 e. The number of aryl methyl sites for hydroxylation is 1. The van der Waals surface area contributed by atoms with Crippen molar-refractivity contribution in [2.75, 3.05) is 18.8 Å². The van der Waals surface area contributed by atoms with Crippen LogP contribution >= 0.6 is 0 Å². The molecule has 1 aromatic carbocycles. The van der Waals surface area contributed by atoms with Crippen LogP contribution in [0.1, 0.15) is 36.3 Å². The van der Waals surface area contributed by atoms with Gasteiger partial charge in [-0.2, -0.15) is 0 Å². The van der Waals surface area contributed by atoms with E-state index in [0.29, 0.717) is 12.0 Å². The zero-order valence-electron chi connectivity index (χ0n) is 10.3. The molecule has 1 aliphatic heterocycles. The van der Waals surface area contributed by atoms with E-state index in [9.17, 15) is 0 Å². The number of benzene rings is 1. The largest absolute Gasteiger partial charge is 0.488 e. The van der Waals surface area contributed by atoms with Crippen molar-refractivity contribution in [1.82, 2.24) is 5.32 Å². The number of hydrogen-bond donors (Lipinski definition) is 2. The molecule has 1 aliphatic carbocycles. The van der Waals surface area contributed by atoms with Gasteiger partial charge in [0.2, 0.25) is 0 Å². The van der Waals surface area contributed by atoms with Crippen molar-refractivity contribution < 1.29 is 4.74 Å². The molecule has 1 heterocycles. The molecule has 92 valence electrons. The maximum absolute atomic E-state index is 6.02. The highest BCUT2D eigenvalue weighted by Gasteiger charge is 2.26. The van der Waals surface area contributed by atoms with Gasteiger partial charge < -0.3 is 15.8 Å². The Balaban J connectivity index is 1.89. The summed E-state index contributed by atoms with van der Waals surface area (Å²) in [5, 5.41) is 3.41. The highest BCUT2D eigenvalue weighted by molar-refractivity contribution is 5.57. The fraction of sp³-hybridized carbons (Fsp3) is 0.571. The average molecular weight is 232 g/mol. The highest BCUT2D eigenvalue weighted by atomic mass is 16.5. The van der Waals surface area contributed by atoms with Gasteiger partial charge in [0.25, 0.3) is 0 Å². The van der Waals surface area contributed by atoms with Crippen molar-refractivity contribution in [2.45, 2.75) is 38.2 Å². The Bertz CT molecular complexity index is 420. The highest BCUT2D eigenvalue weighted by Crippen LogP contribution is 2.36. The quantitative estimate of drug-likeness (QED) is 0.785. The summed E-state index contributed by atoms with van der Waals surface area (Å²) in [5.74, 6) is 1.51. The molecule has 17 heavy (non-hydrogen) atoms. The van der Waals surface area contributed by atoms with E-state index in [1.807, 2.05) is 0 Å². The summed E-state index contributed by atoms with van der Waals surface area (Å²) < 4.78 is 5.87. The Labute approximate surface area is 102 Å². The normalized spacial score (nSPS) is 23.9. The molecular weight excluding hydrogens is 212 g/mol. The van der Waals surface area contributed by atoms with Gasteiger partial charge in [-0.1, -0.05) is 0 Å². The third kappa shape index (κ3) is 2.25. The topological polar surface area (TPSA) is 47.3 Å². The molecule has 0 aromatic heterocycles. The zero-order chi connectivity index (χ0) is 11.8. The lowest BCUT2D eigenvalue weighted by atomic mass is 9.93. The molecule has 0 radical (unpaired) electrons. The minimum Gasteiger partial charge on any atom is -0.488 e. The van der Waals surface area contributed by atoms with E-state index in [2.05, 4.69) is 24.4 Å². The molecule has 2 aliphatic rings. The summed E-state index contributed by atoms with van der Waals surface area (Å²) in [6.45, 7) is 4.34. The minimum atomic E-state index is 0.412. The zero-order valence-corrected chi connectivity index (χ0v) is 10.3. The van der Waals surface area contributed by atoms with Gasteiger partial charge in [-0.15, -0.1) is 0 Å². The van der Waals surface area contributed by atoms with Crippen molar-refractivity contribution in [3.63, 3.8) is 0 Å². The summed E-state index contributed by atoms with van der Waals surface area (Å²) in [4.78, 5) is 0. The summed E-state index contributed by atoms with van der Waals surface area (Å²) in [7, 11) is 0. The van der Waals surface area contributed by atoms with Gasteiger partial charge in [-0.05, 0) is 61.9 Å². The van der Waals surface area contributed by atoms with Crippen LogP contribution < -0.4 is 15.8 Å². The van der Waals surface area contributed by atoms with Crippen molar-refractivity contribution in [3.8, 4) is 5.75 Å². The van der Waals surface area contributed by atoms with E-state index >= 15 is 0 Å². The molecule has 1 saturated heterocycles. The van der Waals surface area contributed by atoms with E-state index in [0.717, 1.165) is 24.5 Å². The van der Waals surface area contributed by atoms with Crippen LogP contribution in [0.3, 0.4) is 0 Å². The Kier molecular flexibility index (Phi) is 2.71. The van der Waals surface area contributed by atoms with Crippen molar-refractivity contribution in [2.24, 2.45) is 0 Å². The summed E-state index contributed by atoms with van der Waals surface area (Å²) in [6.07, 6.45) is 3.98. The lowest BCUT2D eigenvalue weighted by Gasteiger charge is -2.16. The van der Waals surface area contributed by atoms with Gasteiger partial charge in [-0.3, -0.25) is 0 Å². The molecule has 1 unspecified atom stereocenters. The van der Waals surface area contributed by atoms with Gasteiger partial charge in [0.1, 0.15) is 5.75 Å². The second-order valence-electron chi connectivity index (χ2n) is 5.25. The first-order valence-corrected chi connectivity index (χ1v) is 6.51. The van der Waals surface area contributed by atoms with Gasteiger partial charge in [-0.25, -0.2) is 0 Å². The number of ether oxygens (including phenoxy) is 1. The molecule has 3 N–H and O–H groups in total. The number of nitrogen functional groups attached to an aromatic ring is 1. The molecule has 1 aromatic rings. The predicted molar refractivity (Wildman–Crippen MR) is 69.5 cm³/mol. The number of hydrogen-bond acceptors (Lipinski definition) is 3. The van der Waals surface area contributed by atoms with Gasteiger partial charge in [0, 0.05) is 6.54 Å². The molecule has 2 fully saturated rings. The molecule has 3 rings (SSSR count). The number of rotatable bonds is 3. The smallest absolute Gasteiger partial charge is 0.142 e. The number of nitrogens with one attached hydrogen (secondary N) is 1. The van der Waals surface area contributed by atoms with E-state index < -0.39 is 0 Å². The first-order chi connectivity index (χ1) is 8.24. The third-order valence-corrected chi connectivity index (χ3v) is 3.72. The van der Waals surface area contributed by atoms with E-state index in [1.54, 1.807) is 0 Å². The van der Waals surface area contributed by atoms with Crippen molar-refractivity contribution >= 4 is 5.69 Å². The second kappa shape index (κ2) is 4.22. The Morgan fingerprint density at radius 3 is 2.76 bits per heavy atom. The summed E-state index contributed by atoms with van der Waals surface area (Å²) in [5.41, 5.74) is 9.50. The Hall–Kier alpha value is -1.22. The standard InChI is InChI=1S/C14H20N2O/c1-9-6-13(15)14(17-11-2-3-11)7-12(9)10-4-5-16-8-10/h6-7,10-11,16H,2-5,8,15H2,1H3. The lowest BCUT2D eigenvalue weighted by Crippen LogP contribution is -2.09. The van der Waals surface area contributed by atoms with Gasteiger partial charge in [0.15, 0.2) is 0 Å². The van der Waals surface area contributed by atoms with Gasteiger partial charge >= 0.3 is 0 Å². The lowest BCUT2D eigenvalue weighted by molar-refractivity contribution is 0.304. The van der Waals surface area contributed by atoms with E-state index in [1.165, 1.54) is 30.4 Å². The first-order valence-electron chi connectivity index (χ1n) is 6.51. The van der Waals surface area contributed by atoms with Crippen LogP contribution in [0, 0.1) is 6.92 Å².